The summed E-state index contributed by atoms with van der Waals surface area (Å²) >= 11 is 2.91. The minimum Gasteiger partial charge on any atom is -0.368 e. The normalized spacial score (nSPS) is 13.3. The maximum atomic E-state index is 13.5. The van der Waals surface area contributed by atoms with E-state index in [0.29, 0.717) is 28.4 Å². The molecule has 0 spiro atoms. The number of thioether (sulfide) groups is 1. The van der Waals surface area contributed by atoms with Crippen LogP contribution in [0.5, 0.6) is 0 Å². The largest absolute Gasteiger partial charge is 0.368 e. The van der Waals surface area contributed by atoms with Gasteiger partial charge in [0.1, 0.15) is 17.2 Å². The second-order valence-electron chi connectivity index (χ2n) is 8.18. The molecule has 0 aliphatic heterocycles. The Bertz CT molecular complexity index is 1570. The monoisotopic (exact) mass is 493 g/mol. The Kier molecular flexibility index (Phi) is 6.09. The van der Waals surface area contributed by atoms with Gasteiger partial charge in [0.15, 0.2) is 5.16 Å². The van der Waals surface area contributed by atoms with E-state index in [-0.39, 0.29) is 23.4 Å². The summed E-state index contributed by atoms with van der Waals surface area (Å²) in [6, 6.07) is 6.99. The van der Waals surface area contributed by atoms with E-state index in [0.717, 1.165) is 41.5 Å². The number of rotatable bonds is 7. The van der Waals surface area contributed by atoms with Crippen molar-refractivity contribution in [3.63, 3.8) is 0 Å². The summed E-state index contributed by atoms with van der Waals surface area (Å²) in [6.45, 7) is 3.86. The van der Waals surface area contributed by atoms with Crippen LogP contribution in [-0.4, -0.2) is 25.0 Å². The molecule has 3 aromatic heterocycles. The lowest BCUT2D eigenvalue weighted by Gasteiger charge is -2.14. The molecule has 1 amide bonds. The Balaban J connectivity index is 1.59. The van der Waals surface area contributed by atoms with Crippen LogP contribution in [0.15, 0.2) is 51.7 Å². The van der Waals surface area contributed by atoms with Gasteiger partial charge in [-0.3, -0.25) is 23.5 Å². The van der Waals surface area contributed by atoms with Crippen molar-refractivity contribution in [3.8, 4) is 0 Å². The Morgan fingerprint density at radius 2 is 1.94 bits per heavy atom. The van der Waals surface area contributed by atoms with Gasteiger partial charge in [-0.15, -0.1) is 17.9 Å². The molecular formula is C24H23N5O3S2. The third-order valence-corrected chi connectivity index (χ3v) is 8.09. The molecule has 0 bridgehead atoms. The summed E-state index contributed by atoms with van der Waals surface area (Å²) in [4.78, 5) is 49.6. The number of aryl methyl sites for hydroxylation is 2. The predicted octanol–water partition coefficient (Wildman–Crippen LogP) is 3.01. The fraction of sp³-hybridized carbons (Fsp3) is 0.292. The van der Waals surface area contributed by atoms with Crippen LogP contribution >= 0.6 is 23.1 Å². The summed E-state index contributed by atoms with van der Waals surface area (Å²) in [5.41, 5.74) is 6.71. The highest BCUT2D eigenvalue weighted by Crippen LogP contribution is 2.35. The Morgan fingerprint density at radius 1 is 1.15 bits per heavy atom. The lowest BCUT2D eigenvalue weighted by molar-refractivity contribution is -0.118. The van der Waals surface area contributed by atoms with Crippen LogP contribution in [0.1, 0.15) is 29.1 Å². The molecule has 34 heavy (non-hydrogen) atoms. The summed E-state index contributed by atoms with van der Waals surface area (Å²) in [5, 5.41) is 1.68. The number of nitrogens with zero attached hydrogens (tertiary/aromatic N) is 4. The van der Waals surface area contributed by atoms with Crippen molar-refractivity contribution in [1.82, 2.24) is 19.1 Å². The van der Waals surface area contributed by atoms with Crippen molar-refractivity contribution in [2.45, 2.75) is 49.7 Å². The second kappa shape index (κ2) is 9.19. The van der Waals surface area contributed by atoms with Crippen LogP contribution < -0.4 is 16.9 Å². The minimum atomic E-state index is -0.627. The highest BCUT2D eigenvalue weighted by Gasteiger charge is 2.22. The molecule has 0 saturated heterocycles. The van der Waals surface area contributed by atoms with Gasteiger partial charge in [-0.2, -0.15) is 0 Å². The molecule has 4 aromatic rings. The fourth-order valence-electron chi connectivity index (χ4n) is 4.39. The number of aromatic nitrogens is 4. The third-order valence-electron chi connectivity index (χ3n) is 5.94. The van der Waals surface area contributed by atoms with E-state index >= 15 is 0 Å². The van der Waals surface area contributed by atoms with Gasteiger partial charge in [0.05, 0.1) is 22.0 Å². The molecule has 1 aliphatic rings. The highest BCUT2D eigenvalue weighted by molar-refractivity contribution is 7.98. The average Bonchev–Trinajstić information content (AvgIpc) is 3.20. The summed E-state index contributed by atoms with van der Waals surface area (Å²) in [7, 11) is 0. The standard InChI is InChI=1S/C24H23N5O3S2/c1-2-11-28-23(32)20-15-8-4-6-10-17(15)34-21(20)27-24(28)33-13-19-26-16-9-5-3-7-14(16)22(31)29(19)12-18(25)30/h2-3,5,7,9H,1,4,6,8,10-13H2,(H2,25,30). The molecule has 1 aromatic carbocycles. The van der Waals surface area contributed by atoms with Crippen LogP contribution in [0.2, 0.25) is 0 Å². The molecule has 10 heteroatoms. The van der Waals surface area contributed by atoms with E-state index in [4.69, 9.17) is 10.7 Å². The number of para-hydroxylation sites is 1. The van der Waals surface area contributed by atoms with E-state index in [1.54, 1.807) is 46.2 Å². The van der Waals surface area contributed by atoms with Crippen molar-refractivity contribution in [3.05, 3.63) is 73.9 Å². The van der Waals surface area contributed by atoms with Crippen LogP contribution in [0, 0.1) is 0 Å². The van der Waals surface area contributed by atoms with Crippen molar-refractivity contribution >= 4 is 50.1 Å². The molecule has 0 radical (unpaired) electrons. The van der Waals surface area contributed by atoms with Gasteiger partial charge in [-0.1, -0.05) is 30.0 Å². The van der Waals surface area contributed by atoms with E-state index in [1.807, 2.05) is 0 Å². The molecule has 3 heterocycles. The number of fused-ring (bicyclic) bond motifs is 4. The highest BCUT2D eigenvalue weighted by atomic mass is 32.2. The SMILES string of the molecule is C=CCn1c(SCc2nc3ccccc3c(=O)n2CC(N)=O)nc2sc3c(c2c1=O)CCCC3. The van der Waals surface area contributed by atoms with Gasteiger partial charge in [-0.05, 0) is 43.4 Å². The van der Waals surface area contributed by atoms with Gasteiger partial charge < -0.3 is 5.73 Å². The van der Waals surface area contributed by atoms with Crippen LogP contribution in [0.4, 0.5) is 0 Å². The van der Waals surface area contributed by atoms with Crippen molar-refractivity contribution < 1.29 is 4.79 Å². The van der Waals surface area contributed by atoms with Gasteiger partial charge in [0.2, 0.25) is 5.91 Å². The molecule has 5 rings (SSSR count). The minimum absolute atomic E-state index is 0.0622. The number of carbonyl (C=O) groups excluding carboxylic acids is 1. The molecule has 174 valence electrons. The van der Waals surface area contributed by atoms with E-state index in [9.17, 15) is 14.4 Å². The quantitative estimate of drug-likeness (QED) is 0.241. The first kappa shape index (κ1) is 22.5. The Morgan fingerprint density at radius 3 is 2.74 bits per heavy atom. The van der Waals surface area contributed by atoms with Crippen LogP contribution in [0.3, 0.4) is 0 Å². The topological polar surface area (TPSA) is 113 Å². The van der Waals surface area contributed by atoms with Crippen molar-refractivity contribution in [2.24, 2.45) is 5.73 Å². The molecule has 1 aliphatic carbocycles. The summed E-state index contributed by atoms with van der Waals surface area (Å²) < 4.78 is 2.93. The number of benzene rings is 1. The maximum absolute atomic E-state index is 13.5. The van der Waals surface area contributed by atoms with Crippen LogP contribution in [0.25, 0.3) is 21.1 Å². The second-order valence-corrected chi connectivity index (χ2v) is 10.2. The molecular weight excluding hydrogens is 470 g/mol. The zero-order valence-electron chi connectivity index (χ0n) is 18.5. The molecule has 0 atom stereocenters. The number of allylic oxidation sites excluding steroid dienone is 1. The zero-order valence-corrected chi connectivity index (χ0v) is 20.1. The third kappa shape index (κ3) is 3.97. The molecule has 8 nitrogen and oxygen atoms in total. The molecule has 2 N–H and O–H groups in total. The average molecular weight is 494 g/mol. The number of amides is 1. The van der Waals surface area contributed by atoms with Gasteiger partial charge in [0.25, 0.3) is 11.1 Å². The Labute approximate surface area is 203 Å². The lowest BCUT2D eigenvalue weighted by Crippen LogP contribution is -2.31. The smallest absolute Gasteiger partial charge is 0.263 e. The molecule has 0 fully saturated rings. The zero-order chi connectivity index (χ0) is 23.8. The fourth-order valence-corrected chi connectivity index (χ4v) is 6.65. The molecule has 0 unspecified atom stereocenters. The first-order valence-corrected chi connectivity index (χ1v) is 12.8. The molecule has 0 saturated carbocycles. The number of primary amides is 1. The number of hydrogen-bond acceptors (Lipinski definition) is 7. The lowest BCUT2D eigenvalue weighted by atomic mass is 9.97. The number of carbonyl (C=O) groups is 1. The Hall–Kier alpha value is -3.24. The number of hydrogen-bond donors (Lipinski definition) is 1. The van der Waals surface area contributed by atoms with Crippen molar-refractivity contribution in [2.75, 3.05) is 0 Å². The number of nitrogens with two attached hydrogens (primary N) is 1. The van der Waals surface area contributed by atoms with Crippen molar-refractivity contribution in [1.29, 1.82) is 0 Å². The first-order chi connectivity index (χ1) is 16.5. The predicted molar refractivity (Wildman–Crippen MR) is 135 cm³/mol. The van der Waals surface area contributed by atoms with E-state index in [1.165, 1.54) is 21.2 Å². The summed E-state index contributed by atoms with van der Waals surface area (Å²) in [5.74, 6) is 0.0169. The first-order valence-electron chi connectivity index (χ1n) is 11.0. The van der Waals surface area contributed by atoms with Gasteiger partial charge >= 0.3 is 0 Å². The van der Waals surface area contributed by atoms with Gasteiger partial charge in [-0.25, -0.2) is 9.97 Å². The summed E-state index contributed by atoms with van der Waals surface area (Å²) in [6.07, 6.45) is 5.79. The van der Waals surface area contributed by atoms with Gasteiger partial charge in [0, 0.05) is 11.4 Å². The van der Waals surface area contributed by atoms with E-state index < -0.39 is 5.91 Å². The van der Waals surface area contributed by atoms with Crippen LogP contribution in [-0.2, 0) is 36.5 Å². The van der Waals surface area contributed by atoms with E-state index in [2.05, 4.69) is 11.6 Å². The maximum Gasteiger partial charge on any atom is 0.263 e. The number of thiophene rings is 1.